The van der Waals surface area contributed by atoms with Crippen molar-refractivity contribution in [3.8, 4) is 11.8 Å². The van der Waals surface area contributed by atoms with Gasteiger partial charge in [-0.1, -0.05) is 78.6 Å². The highest BCUT2D eigenvalue weighted by Crippen LogP contribution is 2.30. The second kappa shape index (κ2) is 24.2. The van der Waals surface area contributed by atoms with Gasteiger partial charge >= 0.3 is 6.03 Å². The van der Waals surface area contributed by atoms with Crippen LogP contribution in [0, 0.1) is 23.7 Å². The van der Waals surface area contributed by atoms with Crippen molar-refractivity contribution < 1.29 is 33.6 Å². The minimum atomic E-state index is -1.28. The zero-order valence-electron chi connectivity index (χ0n) is 39.4. The number of para-hydroxylation sites is 2. The topological polar surface area (TPSA) is 270 Å². The predicted molar refractivity (Wildman–Crippen MR) is 265 cm³/mol. The van der Waals surface area contributed by atoms with Crippen LogP contribution >= 0.6 is 0 Å². The number of hydrogen-bond donors (Lipinski definition) is 9. The minimum Gasteiger partial charge on any atom is -0.368 e. The average Bonchev–Trinajstić information content (AvgIpc) is 3.95. The van der Waals surface area contributed by atoms with Crippen molar-refractivity contribution in [2.45, 2.75) is 88.9 Å². The van der Waals surface area contributed by atoms with E-state index in [1.807, 2.05) is 78.9 Å². The summed E-state index contributed by atoms with van der Waals surface area (Å²) in [7, 11) is 0. The highest BCUT2D eigenvalue weighted by atomic mass is 16.2. The van der Waals surface area contributed by atoms with Crippen LogP contribution in [0.25, 0.3) is 21.8 Å². The number of urea groups is 1. The number of amides is 7. The molecule has 0 unspecified atom stereocenters. The fraction of sp³-hybridized carbons (Fsp3) is 0.404. The van der Waals surface area contributed by atoms with Crippen molar-refractivity contribution in [2.75, 3.05) is 32.7 Å². The van der Waals surface area contributed by atoms with E-state index in [2.05, 4.69) is 53.4 Å². The van der Waals surface area contributed by atoms with E-state index in [1.165, 1.54) is 6.92 Å². The van der Waals surface area contributed by atoms with E-state index in [4.69, 9.17) is 11.5 Å². The Bertz CT molecular complexity index is 2720. The first-order chi connectivity index (χ1) is 33.8. The Kier molecular flexibility index (Phi) is 17.4. The van der Waals surface area contributed by atoms with Gasteiger partial charge in [0.15, 0.2) is 5.78 Å². The maximum absolute atomic E-state index is 14.7. The Balaban J connectivity index is 1.21. The molecule has 368 valence electrons. The Hall–Kier alpha value is -7.49. The van der Waals surface area contributed by atoms with Crippen LogP contribution in [0.4, 0.5) is 4.79 Å². The van der Waals surface area contributed by atoms with Gasteiger partial charge in [0, 0.05) is 65.9 Å². The summed E-state index contributed by atoms with van der Waals surface area (Å²) in [6.45, 7) is 2.59. The number of aromatic nitrogens is 2. The number of hydrazine groups is 1. The van der Waals surface area contributed by atoms with Crippen molar-refractivity contribution in [1.29, 1.82) is 0 Å². The van der Waals surface area contributed by atoms with Gasteiger partial charge in [0.05, 0.1) is 19.1 Å². The van der Waals surface area contributed by atoms with Crippen LogP contribution in [0.2, 0.25) is 0 Å². The predicted octanol–water partition coefficient (Wildman–Crippen LogP) is 2.48. The number of primary amides is 1. The molecule has 11 N–H and O–H groups in total. The number of ketones is 1. The summed E-state index contributed by atoms with van der Waals surface area (Å²) < 4.78 is 0. The van der Waals surface area contributed by atoms with Gasteiger partial charge in [-0.05, 0) is 86.7 Å². The fourth-order valence-electron chi connectivity index (χ4n) is 8.76. The Morgan fingerprint density at radius 1 is 0.700 bits per heavy atom. The molecule has 7 rings (SSSR count). The van der Waals surface area contributed by atoms with E-state index in [9.17, 15) is 33.6 Å². The summed E-state index contributed by atoms with van der Waals surface area (Å²) in [6, 6.07) is 18.7. The molecule has 1 fully saturated rings. The molecular weight excluding hydrogens is 891 g/mol. The van der Waals surface area contributed by atoms with Crippen LogP contribution in [0.15, 0.2) is 91.3 Å². The maximum atomic E-state index is 14.7. The summed E-state index contributed by atoms with van der Waals surface area (Å²) in [5, 5.41) is 13.8. The van der Waals surface area contributed by atoms with Crippen LogP contribution < -0.4 is 38.2 Å². The van der Waals surface area contributed by atoms with Gasteiger partial charge in [0.1, 0.15) is 24.7 Å². The molecule has 2 aromatic heterocycles. The molecule has 0 spiro atoms. The molecule has 5 atom stereocenters. The van der Waals surface area contributed by atoms with Gasteiger partial charge in [-0.25, -0.2) is 9.80 Å². The third-order valence-corrected chi connectivity index (χ3v) is 12.9. The zero-order chi connectivity index (χ0) is 49.6. The largest absolute Gasteiger partial charge is 0.368 e. The number of nitrogens with one attached hydrogen (secondary N) is 7. The van der Waals surface area contributed by atoms with Gasteiger partial charge in [-0.2, -0.15) is 0 Å². The summed E-state index contributed by atoms with van der Waals surface area (Å²) in [4.78, 5) is 106. The molecule has 3 heterocycles. The first-order valence-electron chi connectivity index (χ1n) is 24.0. The molecule has 1 aliphatic heterocycles. The number of hydrogen-bond acceptors (Lipinski definition) is 9. The number of Topliss-reactive ketones (excluding diaryl/α,β-unsaturated/α-hetero) is 1. The fourth-order valence-corrected chi connectivity index (χ4v) is 8.76. The third-order valence-electron chi connectivity index (χ3n) is 12.9. The molecule has 1 saturated carbocycles. The van der Waals surface area contributed by atoms with Gasteiger partial charge in [0.25, 0.3) is 5.91 Å². The SMILES string of the molecule is C[C@@H]1NC(=O)[C@@H](Cc2c[nH]c3ccccc23)NC(=O)N(NC(=O)CN)CC#CCN(CC2CC2)CCCC[C@@H](C(N)=O)NC(=O)[C@@H](Cc2ccccc2)CC(=O)[C@H](Cc2c[nH]c3ccccc23)NC1=O. The van der Waals surface area contributed by atoms with Gasteiger partial charge in [-0.3, -0.25) is 39.1 Å². The lowest BCUT2D eigenvalue weighted by atomic mass is 9.89. The van der Waals surface area contributed by atoms with E-state index in [0.29, 0.717) is 37.4 Å². The minimum absolute atomic E-state index is 0.0143. The molecular formula is C52H63N11O7. The molecule has 5 aromatic rings. The van der Waals surface area contributed by atoms with E-state index in [-0.39, 0.29) is 38.6 Å². The molecule has 3 aromatic carbocycles. The third kappa shape index (κ3) is 14.0. The van der Waals surface area contributed by atoms with Crippen molar-refractivity contribution in [1.82, 2.24) is 46.6 Å². The summed E-state index contributed by atoms with van der Waals surface area (Å²) in [5.41, 5.74) is 17.9. The summed E-state index contributed by atoms with van der Waals surface area (Å²) in [6.07, 6.45) is 7.09. The number of carbonyl (C=O) groups excluding carboxylic acids is 7. The van der Waals surface area contributed by atoms with Gasteiger partial charge < -0.3 is 42.7 Å². The molecule has 0 bridgehead atoms. The Labute approximate surface area is 406 Å². The highest BCUT2D eigenvalue weighted by Gasteiger charge is 2.33. The first kappa shape index (κ1) is 50.4. The van der Waals surface area contributed by atoms with Crippen LogP contribution in [0.1, 0.15) is 62.1 Å². The summed E-state index contributed by atoms with van der Waals surface area (Å²) in [5.74, 6) is 1.95. The van der Waals surface area contributed by atoms with Crippen molar-refractivity contribution >= 4 is 63.2 Å². The number of rotatable bonds is 11. The molecule has 7 amide bonds. The Morgan fingerprint density at radius 2 is 1.33 bits per heavy atom. The molecule has 18 heteroatoms. The normalized spacial score (nSPS) is 22.1. The standard InChI is InChI=1S/C52H63N11O7/c1-33-49(67)59-44(26-37-30-55-41-17-7-5-15-39(37)41)46(64)28-36(25-34-13-3-2-4-14-34)50(68)58-43(48(54)66)19-9-10-22-62(32-35-20-21-35)23-11-12-24-63(61-47(65)29-53)52(70)60-45(51(69)57-33)27-38-31-56-42-18-8-6-16-40(38)42/h2-8,13-18,30-31,33,35-36,43-45,55-56H,9-10,19-29,32,53H2,1H3,(H2,54,66)(H,57,69)(H,58,68)(H,59,67)(H,60,70)(H,61,65)/t33-,36-,43-,44-,45+/m0/s1. The number of nitrogens with two attached hydrogens (primary N) is 2. The van der Waals surface area contributed by atoms with E-state index >= 15 is 0 Å². The smallest absolute Gasteiger partial charge is 0.337 e. The highest BCUT2D eigenvalue weighted by molar-refractivity contribution is 5.97. The van der Waals surface area contributed by atoms with E-state index < -0.39 is 78.0 Å². The van der Waals surface area contributed by atoms with Crippen LogP contribution in [-0.4, -0.2) is 118 Å². The van der Waals surface area contributed by atoms with Crippen molar-refractivity contribution in [2.24, 2.45) is 23.3 Å². The zero-order valence-corrected chi connectivity index (χ0v) is 39.4. The van der Waals surface area contributed by atoms with Gasteiger partial charge in [0.2, 0.25) is 23.6 Å². The monoisotopic (exact) mass is 953 g/mol. The number of aromatic amines is 2. The van der Waals surface area contributed by atoms with Crippen molar-refractivity contribution in [3.63, 3.8) is 0 Å². The molecule has 2 aliphatic rings. The van der Waals surface area contributed by atoms with Crippen molar-refractivity contribution in [3.05, 3.63) is 108 Å². The molecule has 18 nitrogen and oxygen atoms in total. The number of H-pyrrole nitrogens is 2. The summed E-state index contributed by atoms with van der Waals surface area (Å²) >= 11 is 0. The van der Waals surface area contributed by atoms with E-state index in [0.717, 1.165) is 57.3 Å². The lowest BCUT2D eigenvalue weighted by Gasteiger charge is -2.27. The van der Waals surface area contributed by atoms with Crippen LogP contribution in [0.5, 0.6) is 0 Å². The van der Waals surface area contributed by atoms with Crippen LogP contribution in [-0.2, 0) is 48.0 Å². The average molecular weight is 954 g/mol. The first-order valence-corrected chi connectivity index (χ1v) is 24.0. The maximum Gasteiger partial charge on any atom is 0.337 e. The second-order valence-electron chi connectivity index (χ2n) is 18.3. The lowest BCUT2D eigenvalue weighted by molar-refractivity contribution is -0.134. The number of fused-ring (bicyclic) bond motifs is 2. The lowest BCUT2D eigenvalue weighted by Crippen LogP contribution is -2.59. The number of benzene rings is 3. The molecule has 70 heavy (non-hydrogen) atoms. The molecule has 1 aliphatic carbocycles. The number of carbonyl (C=O) groups is 7. The van der Waals surface area contributed by atoms with Crippen LogP contribution in [0.3, 0.4) is 0 Å². The number of nitrogens with zero attached hydrogens (tertiary/aromatic N) is 2. The second-order valence-corrected chi connectivity index (χ2v) is 18.3. The van der Waals surface area contributed by atoms with E-state index in [1.54, 1.807) is 12.4 Å². The van der Waals surface area contributed by atoms with Gasteiger partial charge in [-0.15, -0.1) is 0 Å². The molecule has 0 radical (unpaired) electrons. The quantitative estimate of drug-likeness (QED) is 0.0880. The Morgan fingerprint density at radius 3 is 1.97 bits per heavy atom. The molecule has 0 saturated heterocycles.